The summed E-state index contributed by atoms with van der Waals surface area (Å²) in [5.41, 5.74) is 2.39. The second kappa shape index (κ2) is 6.64. The molecule has 0 unspecified atom stereocenters. The van der Waals surface area contributed by atoms with Crippen molar-refractivity contribution in [1.82, 2.24) is 5.32 Å². The normalized spacial score (nSPS) is 10.2. The molecule has 0 spiro atoms. The van der Waals surface area contributed by atoms with Crippen molar-refractivity contribution >= 4 is 34.9 Å². The zero-order valence-electron chi connectivity index (χ0n) is 10.9. The Kier molecular flexibility index (Phi) is 4.88. The van der Waals surface area contributed by atoms with Crippen molar-refractivity contribution in [2.45, 2.75) is 13.5 Å². The maximum Gasteiger partial charge on any atom is 0.319 e. The molecule has 0 atom stereocenters. The van der Waals surface area contributed by atoms with Gasteiger partial charge in [0.1, 0.15) is 0 Å². The predicted octanol–water partition coefficient (Wildman–Crippen LogP) is 4.62. The molecule has 104 valence electrons. The number of hydrogen-bond acceptors (Lipinski definition) is 1. The molecule has 5 heteroatoms. The number of amides is 2. The van der Waals surface area contributed by atoms with E-state index in [1.165, 1.54) is 0 Å². The van der Waals surface area contributed by atoms with E-state index in [0.29, 0.717) is 22.3 Å². The lowest BCUT2D eigenvalue weighted by Gasteiger charge is -2.10. The Labute approximate surface area is 127 Å². The van der Waals surface area contributed by atoms with Crippen LogP contribution >= 0.6 is 23.2 Å². The van der Waals surface area contributed by atoms with Gasteiger partial charge in [-0.25, -0.2) is 4.79 Å². The van der Waals surface area contributed by atoms with Gasteiger partial charge >= 0.3 is 6.03 Å². The van der Waals surface area contributed by atoms with E-state index in [4.69, 9.17) is 23.2 Å². The van der Waals surface area contributed by atoms with Crippen LogP contribution in [0, 0.1) is 6.92 Å². The van der Waals surface area contributed by atoms with Crippen LogP contribution in [0.1, 0.15) is 11.1 Å². The molecule has 2 N–H and O–H groups in total. The summed E-state index contributed by atoms with van der Waals surface area (Å²) in [6.45, 7) is 2.28. The van der Waals surface area contributed by atoms with E-state index < -0.39 is 0 Å². The number of anilines is 1. The molecule has 2 rings (SSSR count). The quantitative estimate of drug-likeness (QED) is 0.853. The fraction of sp³-hybridized carbons (Fsp3) is 0.133. The van der Waals surface area contributed by atoms with E-state index >= 15 is 0 Å². The van der Waals surface area contributed by atoms with Crippen molar-refractivity contribution in [1.29, 1.82) is 0 Å². The first kappa shape index (κ1) is 14.7. The lowest BCUT2D eigenvalue weighted by atomic mass is 10.2. The maximum atomic E-state index is 11.8. The van der Waals surface area contributed by atoms with Gasteiger partial charge in [0.2, 0.25) is 0 Å². The molecule has 20 heavy (non-hydrogen) atoms. The number of carbonyl (C=O) groups excluding carboxylic acids is 1. The SMILES string of the molecule is Cc1c(Cl)cc(NC(=O)NCc2ccccc2)cc1Cl. The second-order valence-corrected chi connectivity index (χ2v) is 5.17. The van der Waals surface area contributed by atoms with Crippen molar-refractivity contribution < 1.29 is 4.79 Å². The molecule has 0 radical (unpaired) electrons. The smallest absolute Gasteiger partial charge is 0.319 e. The third-order valence-electron chi connectivity index (χ3n) is 2.83. The van der Waals surface area contributed by atoms with Crippen LogP contribution < -0.4 is 10.6 Å². The minimum atomic E-state index is -0.301. The zero-order chi connectivity index (χ0) is 14.5. The summed E-state index contributed by atoms with van der Waals surface area (Å²) in [7, 11) is 0. The molecule has 0 heterocycles. The van der Waals surface area contributed by atoms with E-state index in [-0.39, 0.29) is 6.03 Å². The standard InChI is InChI=1S/C15H14Cl2N2O/c1-10-13(16)7-12(8-14(10)17)19-15(20)18-9-11-5-3-2-4-6-11/h2-8H,9H2,1H3,(H2,18,19,20). The van der Waals surface area contributed by atoms with E-state index in [1.54, 1.807) is 12.1 Å². The van der Waals surface area contributed by atoms with Gasteiger partial charge in [0.15, 0.2) is 0 Å². The Morgan fingerprint density at radius 1 is 1.10 bits per heavy atom. The highest BCUT2D eigenvalue weighted by Gasteiger charge is 2.07. The fourth-order valence-electron chi connectivity index (χ4n) is 1.67. The van der Waals surface area contributed by atoms with E-state index in [0.717, 1.165) is 11.1 Å². The predicted molar refractivity (Wildman–Crippen MR) is 83.5 cm³/mol. The molecule has 0 bridgehead atoms. The topological polar surface area (TPSA) is 41.1 Å². The van der Waals surface area contributed by atoms with E-state index in [2.05, 4.69) is 10.6 Å². The largest absolute Gasteiger partial charge is 0.334 e. The van der Waals surface area contributed by atoms with Crippen LogP contribution in [0.3, 0.4) is 0 Å². The zero-order valence-corrected chi connectivity index (χ0v) is 12.4. The molecule has 0 saturated carbocycles. The molecule has 3 nitrogen and oxygen atoms in total. The first-order valence-corrected chi connectivity index (χ1v) is 6.86. The van der Waals surface area contributed by atoms with E-state index in [1.807, 2.05) is 37.3 Å². The Morgan fingerprint density at radius 2 is 1.70 bits per heavy atom. The third kappa shape index (κ3) is 3.89. The fourth-order valence-corrected chi connectivity index (χ4v) is 2.16. The molecule has 2 amide bonds. The molecule has 0 aliphatic rings. The third-order valence-corrected chi connectivity index (χ3v) is 3.62. The average Bonchev–Trinajstić information content (AvgIpc) is 2.43. The minimum absolute atomic E-state index is 0.301. The Morgan fingerprint density at radius 3 is 2.30 bits per heavy atom. The van der Waals surface area contributed by atoms with Gasteiger partial charge < -0.3 is 10.6 Å². The first-order chi connectivity index (χ1) is 9.56. The monoisotopic (exact) mass is 308 g/mol. The number of benzene rings is 2. The first-order valence-electron chi connectivity index (χ1n) is 6.10. The van der Waals surface area contributed by atoms with Gasteiger partial charge in [-0.05, 0) is 30.2 Å². The maximum absolute atomic E-state index is 11.8. The second-order valence-electron chi connectivity index (χ2n) is 4.36. The number of nitrogens with one attached hydrogen (secondary N) is 2. The van der Waals surface area contributed by atoms with Gasteiger partial charge in [-0.3, -0.25) is 0 Å². The summed E-state index contributed by atoms with van der Waals surface area (Å²) in [5, 5.41) is 6.51. The molecular weight excluding hydrogens is 295 g/mol. The molecular formula is C15H14Cl2N2O. The molecule has 2 aromatic rings. The molecule has 0 aromatic heterocycles. The van der Waals surface area contributed by atoms with Gasteiger partial charge in [0, 0.05) is 22.3 Å². The van der Waals surface area contributed by atoms with Crippen LogP contribution in [-0.4, -0.2) is 6.03 Å². The molecule has 0 aliphatic carbocycles. The van der Waals surface area contributed by atoms with Crippen molar-refractivity contribution in [3.63, 3.8) is 0 Å². The highest BCUT2D eigenvalue weighted by molar-refractivity contribution is 6.36. The summed E-state index contributed by atoms with van der Waals surface area (Å²) in [4.78, 5) is 11.8. The molecule has 0 fully saturated rings. The Balaban J connectivity index is 1.95. The molecule has 2 aromatic carbocycles. The van der Waals surface area contributed by atoms with Gasteiger partial charge in [-0.2, -0.15) is 0 Å². The summed E-state index contributed by atoms with van der Waals surface area (Å²) in [6.07, 6.45) is 0. The Hall–Kier alpha value is -1.71. The summed E-state index contributed by atoms with van der Waals surface area (Å²) in [6, 6.07) is 12.7. The van der Waals surface area contributed by atoms with Crippen molar-refractivity contribution in [2.24, 2.45) is 0 Å². The minimum Gasteiger partial charge on any atom is -0.334 e. The van der Waals surface area contributed by atoms with Gasteiger partial charge in [-0.15, -0.1) is 0 Å². The number of halogens is 2. The highest BCUT2D eigenvalue weighted by Crippen LogP contribution is 2.27. The summed E-state index contributed by atoms with van der Waals surface area (Å²) < 4.78 is 0. The van der Waals surface area contributed by atoms with Gasteiger partial charge in [-0.1, -0.05) is 53.5 Å². The van der Waals surface area contributed by atoms with E-state index in [9.17, 15) is 4.79 Å². The number of hydrogen-bond donors (Lipinski definition) is 2. The van der Waals surface area contributed by atoms with Crippen LogP contribution in [0.5, 0.6) is 0 Å². The lowest BCUT2D eigenvalue weighted by molar-refractivity contribution is 0.251. The number of urea groups is 1. The number of rotatable bonds is 3. The average molecular weight is 309 g/mol. The van der Waals surface area contributed by atoms with Crippen LogP contribution in [0.15, 0.2) is 42.5 Å². The van der Waals surface area contributed by atoms with Crippen molar-refractivity contribution in [3.8, 4) is 0 Å². The molecule has 0 saturated heterocycles. The molecule has 0 aliphatic heterocycles. The van der Waals surface area contributed by atoms with Crippen LogP contribution in [-0.2, 0) is 6.54 Å². The van der Waals surface area contributed by atoms with Gasteiger partial charge in [0.25, 0.3) is 0 Å². The highest BCUT2D eigenvalue weighted by atomic mass is 35.5. The van der Waals surface area contributed by atoms with Crippen molar-refractivity contribution in [3.05, 3.63) is 63.6 Å². The van der Waals surface area contributed by atoms with Crippen LogP contribution in [0.4, 0.5) is 10.5 Å². The lowest BCUT2D eigenvalue weighted by Crippen LogP contribution is -2.28. The number of carbonyl (C=O) groups is 1. The Bertz CT molecular complexity index is 592. The summed E-state index contributed by atoms with van der Waals surface area (Å²) >= 11 is 12.0. The summed E-state index contributed by atoms with van der Waals surface area (Å²) in [5.74, 6) is 0. The van der Waals surface area contributed by atoms with Crippen molar-refractivity contribution in [2.75, 3.05) is 5.32 Å². The van der Waals surface area contributed by atoms with Crippen LogP contribution in [0.2, 0.25) is 10.0 Å². The van der Waals surface area contributed by atoms with Crippen LogP contribution in [0.25, 0.3) is 0 Å². The van der Waals surface area contributed by atoms with Gasteiger partial charge in [0.05, 0.1) is 0 Å².